The first-order valence-corrected chi connectivity index (χ1v) is 8.89. The third-order valence-corrected chi connectivity index (χ3v) is 4.78. The molecule has 6 nitrogen and oxygen atoms in total. The van der Waals surface area contributed by atoms with E-state index in [1.807, 2.05) is 43.5 Å². The maximum Gasteiger partial charge on any atom is 0.163 e. The number of thioether (sulfide) groups is 1. The van der Waals surface area contributed by atoms with Crippen LogP contribution in [0.1, 0.15) is 5.56 Å². The number of benzene rings is 2. The van der Waals surface area contributed by atoms with Crippen molar-refractivity contribution >= 4 is 17.4 Å². The lowest BCUT2D eigenvalue weighted by Gasteiger charge is -2.14. The van der Waals surface area contributed by atoms with E-state index in [1.165, 1.54) is 0 Å². The Morgan fingerprint density at radius 3 is 2.56 bits per heavy atom. The molecule has 0 aliphatic heterocycles. The zero-order valence-electron chi connectivity index (χ0n) is 14.6. The largest absolute Gasteiger partial charge is 0.493 e. The Kier molecular flexibility index (Phi) is 4.85. The summed E-state index contributed by atoms with van der Waals surface area (Å²) in [6, 6.07) is 9.83. The summed E-state index contributed by atoms with van der Waals surface area (Å²) in [4.78, 5) is 1.05. The molecule has 0 fully saturated rings. The first-order valence-electron chi connectivity index (χ1n) is 7.66. The highest BCUT2D eigenvalue weighted by atomic mass is 32.2. The number of ether oxygens (including phenoxy) is 2. The SMILES string of the molecule is COc1cc(-n2nncc2-c2ccc(SC)c(N)c2)cc(C)c1OC. The summed E-state index contributed by atoms with van der Waals surface area (Å²) in [5.41, 5.74) is 10.5. The Morgan fingerprint density at radius 2 is 1.92 bits per heavy atom. The van der Waals surface area contributed by atoms with Gasteiger partial charge in [-0.15, -0.1) is 16.9 Å². The summed E-state index contributed by atoms with van der Waals surface area (Å²) in [6.45, 7) is 1.96. The van der Waals surface area contributed by atoms with Crippen molar-refractivity contribution < 1.29 is 9.47 Å². The molecule has 3 rings (SSSR count). The zero-order valence-corrected chi connectivity index (χ0v) is 15.4. The zero-order chi connectivity index (χ0) is 18.0. The minimum absolute atomic E-state index is 0.649. The van der Waals surface area contributed by atoms with E-state index in [0.29, 0.717) is 11.5 Å². The first-order chi connectivity index (χ1) is 12.1. The fourth-order valence-electron chi connectivity index (χ4n) is 2.77. The molecule has 1 heterocycles. The number of anilines is 1. The summed E-state index contributed by atoms with van der Waals surface area (Å²) in [7, 11) is 3.24. The molecule has 0 radical (unpaired) electrons. The van der Waals surface area contributed by atoms with Gasteiger partial charge in [-0.25, -0.2) is 4.68 Å². The molecule has 0 spiro atoms. The van der Waals surface area contributed by atoms with Gasteiger partial charge in [-0.3, -0.25) is 0 Å². The van der Waals surface area contributed by atoms with Gasteiger partial charge in [-0.05, 0) is 36.9 Å². The maximum absolute atomic E-state index is 6.13. The van der Waals surface area contributed by atoms with Crippen molar-refractivity contribution in [2.45, 2.75) is 11.8 Å². The smallest absolute Gasteiger partial charge is 0.163 e. The average Bonchev–Trinajstić information content (AvgIpc) is 3.10. The Hall–Kier alpha value is -2.67. The third-order valence-electron chi connectivity index (χ3n) is 3.97. The van der Waals surface area contributed by atoms with Crippen molar-refractivity contribution in [2.24, 2.45) is 0 Å². The molecular formula is C18H20N4O2S. The second-order valence-electron chi connectivity index (χ2n) is 5.49. The van der Waals surface area contributed by atoms with Gasteiger partial charge in [0, 0.05) is 22.2 Å². The van der Waals surface area contributed by atoms with Crippen molar-refractivity contribution in [2.75, 3.05) is 26.2 Å². The number of methoxy groups -OCH3 is 2. The molecule has 0 atom stereocenters. The number of aromatic nitrogens is 3. The van der Waals surface area contributed by atoms with Crippen LogP contribution in [0.5, 0.6) is 11.5 Å². The average molecular weight is 356 g/mol. The monoisotopic (exact) mass is 356 g/mol. The van der Waals surface area contributed by atoms with E-state index in [2.05, 4.69) is 10.3 Å². The van der Waals surface area contributed by atoms with Crippen LogP contribution in [0.25, 0.3) is 16.9 Å². The van der Waals surface area contributed by atoms with E-state index < -0.39 is 0 Å². The van der Waals surface area contributed by atoms with E-state index in [1.54, 1.807) is 36.9 Å². The highest BCUT2D eigenvalue weighted by molar-refractivity contribution is 7.98. The molecule has 0 amide bonds. The molecule has 1 aromatic heterocycles. The fourth-order valence-corrected chi connectivity index (χ4v) is 3.27. The molecule has 0 aliphatic carbocycles. The van der Waals surface area contributed by atoms with E-state index in [0.717, 1.165) is 33.1 Å². The van der Waals surface area contributed by atoms with Crippen LogP contribution >= 0.6 is 11.8 Å². The summed E-state index contributed by atoms with van der Waals surface area (Å²) < 4.78 is 12.6. The van der Waals surface area contributed by atoms with E-state index in [4.69, 9.17) is 15.2 Å². The highest BCUT2D eigenvalue weighted by Gasteiger charge is 2.15. The Balaban J connectivity index is 2.11. The van der Waals surface area contributed by atoms with Crippen molar-refractivity contribution in [1.29, 1.82) is 0 Å². The van der Waals surface area contributed by atoms with Crippen LogP contribution in [0.4, 0.5) is 5.69 Å². The minimum atomic E-state index is 0.649. The molecule has 2 aromatic carbocycles. The lowest BCUT2D eigenvalue weighted by molar-refractivity contribution is 0.352. The van der Waals surface area contributed by atoms with E-state index in [9.17, 15) is 0 Å². The van der Waals surface area contributed by atoms with Crippen molar-refractivity contribution in [3.05, 3.63) is 42.1 Å². The molecule has 3 aromatic rings. The molecule has 0 saturated carbocycles. The van der Waals surface area contributed by atoms with Gasteiger partial charge >= 0.3 is 0 Å². The maximum atomic E-state index is 6.13. The second-order valence-corrected chi connectivity index (χ2v) is 6.33. The van der Waals surface area contributed by atoms with Gasteiger partial charge < -0.3 is 15.2 Å². The van der Waals surface area contributed by atoms with Gasteiger partial charge in [0.25, 0.3) is 0 Å². The van der Waals surface area contributed by atoms with Gasteiger partial charge in [-0.1, -0.05) is 11.3 Å². The van der Waals surface area contributed by atoms with Crippen LogP contribution in [-0.2, 0) is 0 Å². The Labute approximate surface area is 150 Å². The van der Waals surface area contributed by atoms with Crippen LogP contribution in [0, 0.1) is 6.92 Å². The molecule has 0 saturated heterocycles. The van der Waals surface area contributed by atoms with Crippen LogP contribution in [-0.4, -0.2) is 35.5 Å². The molecule has 7 heteroatoms. The first kappa shape index (κ1) is 17.2. The Morgan fingerprint density at radius 1 is 1.12 bits per heavy atom. The van der Waals surface area contributed by atoms with Gasteiger partial charge in [-0.2, -0.15) is 0 Å². The number of hydrogen-bond acceptors (Lipinski definition) is 6. The molecule has 2 N–H and O–H groups in total. The summed E-state index contributed by atoms with van der Waals surface area (Å²) in [5, 5.41) is 8.30. The van der Waals surface area contributed by atoms with Crippen LogP contribution < -0.4 is 15.2 Å². The highest BCUT2D eigenvalue weighted by Crippen LogP contribution is 2.35. The predicted octanol–water partition coefficient (Wildman–Crippen LogP) is 3.56. The van der Waals surface area contributed by atoms with E-state index in [-0.39, 0.29) is 0 Å². The van der Waals surface area contributed by atoms with Crippen LogP contribution in [0.15, 0.2) is 41.4 Å². The number of rotatable bonds is 5. The quantitative estimate of drug-likeness (QED) is 0.556. The topological polar surface area (TPSA) is 75.2 Å². The molecular weight excluding hydrogens is 336 g/mol. The molecule has 25 heavy (non-hydrogen) atoms. The molecule has 0 unspecified atom stereocenters. The lowest BCUT2D eigenvalue weighted by atomic mass is 10.1. The van der Waals surface area contributed by atoms with E-state index >= 15 is 0 Å². The third kappa shape index (κ3) is 3.15. The second kappa shape index (κ2) is 7.06. The van der Waals surface area contributed by atoms with Crippen molar-refractivity contribution in [3.8, 4) is 28.4 Å². The van der Waals surface area contributed by atoms with Gasteiger partial charge in [0.1, 0.15) is 0 Å². The standard InChI is InChI=1S/C18H20N4O2S/c1-11-7-13(9-16(23-2)18(11)24-3)22-15(10-20-21-22)12-5-6-17(25-4)14(19)8-12/h5-10H,19H2,1-4H3. The summed E-state index contributed by atoms with van der Waals surface area (Å²) >= 11 is 1.62. The van der Waals surface area contributed by atoms with Crippen molar-refractivity contribution in [3.63, 3.8) is 0 Å². The van der Waals surface area contributed by atoms with Gasteiger partial charge in [0.15, 0.2) is 11.5 Å². The number of nitrogens with two attached hydrogens (primary N) is 1. The Bertz CT molecular complexity index is 908. The normalized spacial score (nSPS) is 10.7. The van der Waals surface area contributed by atoms with Crippen LogP contribution in [0.3, 0.4) is 0 Å². The fraction of sp³-hybridized carbons (Fsp3) is 0.222. The number of nitrogens with zero attached hydrogens (tertiary/aromatic N) is 3. The van der Waals surface area contributed by atoms with Gasteiger partial charge in [0.2, 0.25) is 0 Å². The molecule has 0 bridgehead atoms. The number of nitrogen functional groups attached to an aromatic ring is 1. The predicted molar refractivity (Wildman–Crippen MR) is 101 cm³/mol. The molecule has 130 valence electrons. The lowest BCUT2D eigenvalue weighted by Crippen LogP contribution is -2.02. The molecule has 0 aliphatic rings. The summed E-state index contributed by atoms with van der Waals surface area (Å²) in [6.07, 6.45) is 3.73. The summed E-state index contributed by atoms with van der Waals surface area (Å²) in [5.74, 6) is 1.36. The van der Waals surface area contributed by atoms with Crippen LogP contribution in [0.2, 0.25) is 0 Å². The van der Waals surface area contributed by atoms with Crippen molar-refractivity contribution in [1.82, 2.24) is 15.0 Å². The number of aryl methyl sites for hydroxylation is 1. The number of hydrogen-bond donors (Lipinski definition) is 1. The minimum Gasteiger partial charge on any atom is -0.493 e. The van der Waals surface area contributed by atoms with Gasteiger partial charge in [0.05, 0.1) is 31.8 Å².